The summed E-state index contributed by atoms with van der Waals surface area (Å²) in [5.74, 6) is -0.841. The third-order valence-electron chi connectivity index (χ3n) is 3.40. The zero-order valence-corrected chi connectivity index (χ0v) is 13.3. The molecule has 0 aliphatic carbocycles. The first-order valence-corrected chi connectivity index (χ1v) is 7.60. The van der Waals surface area contributed by atoms with Crippen molar-refractivity contribution in [3.05, 3.63) is 23.9 Å². The van der Waals surface area contributed by atoms with Gasteiger partial charge in [-0.15, -0.1) is 0 Å². The van der Waals surface area contributed by atoms with E-state index in [-0.39, 0.29) is 17.5 Å². The van der Waals surface area contributed by atoms with Crippen molar-refractivity contribution in [1.82, 2.24) is 15.2 Å². The molecule has 1 saturated heterocycles. The summed E-state index contributed by atoms with van der Waals surface area (Å²) in [5, 5.41) is 2.76. The number of ether oxygens (including phenoxy) is 2. The Kier molecular flexibility index (Phi) is 6.38. The van der Waals surface area contributed by atoms with Gasteiger partial charge >= 0.3 is 6.18 Å². The van der Waals surface area contributed by atoms with Gasteiger partial charge in [0.25, 0.3) is 5.91 Å². The second kappa shape index (κ2) is 8.29. The van der Waals surface area contributed by atoms with E-state index in [0.717, 1.165) is 13.1 Å². The first-order valence-electron chi connectivity index (χ1n) is 7.60. The third-order valence-corrected chi connectivity index (χ3v) is 3.40. The van der Waals surface area contributed by atoms with Crippen LogP contribution in [0.4, 0.5) is 13.2 Å². The number of carbonyl (C=O) groups is 1. The van der Waals surface area contributed by atoms with Crippen LogP contribution in [-0.2, 0) is 4.74 Å². The first-order chi connectivity index (χ1) is 11.3. The lowest BCUT2D eigenvalue weighted by atomic mass is 10.2. The summed E-state index contributed by atoms with van der Waals surface area (Å²) >= 11 is 0. The van der Waals surface area contributed by atoms with E-state index in [1.165, 1.54) is 18.3 Å². The van der Waals surface area contributed by atoms with E-state index in [1.807, 2.05) is 6.92 Å². The van der Waals surface area contributed by atoms with E-state index in [4.69, 9.17) is 4.74 Å². The molecule has 1 aromatic rings. The number of hydrogen-bond acceptors (Lipinski definition) is 5. The Morgan fingerprint density at radius 1 is 1.46 bits per heavy atom. The van der Waals surface area contributed by atoms with Gasteiger partial charge in [-0.25, -0.2) is 4.98 Å². The van der Waals surface area contributed by atoms with Crippen molar-refractivity contribution in [3.63, 3.8) is 0 Å². The van der Waals surface area contributed by atoms with E-state index in [1.54, 1.807) is 0 Å². The second-order valence-electron chi connectivity index (χ2n) is 5.55. The Morgan fingerprint density at radius 3 is 2.83 bits per heavy atom. The molecule has 2 heterocycles. The fourth-order valence-electron chi connectivity index (χ4n) is 2.35. The molecule has 0 unspecified atom stereocenters. The molecule has 1 aromatic heterocycles. The smallest absolute Gasteiger partial charge is 0.422 e. The van der Waals surface area contributed by atoms with Crippen LogP contribution in [0.5, 0.6) is 5.88 Å². The molecule has 24 heavy (non-hydrogen) atoms. The molecule has 1 amide bonds. The number of pyridine rings is 1. The molecule has 1 aliphatic heterocycles. The molecule has 1 atom stereocenters. The molecular weight excluding hydrogens is 327 g/mol. The summed E-state index contributed by atoms with van der Waals surface area (Å²) in [6, 6.07) is 2.68. The molecule has 1 aliphatic rings. The normalized spacial score (nSPS) is 17.3. The van der Waals surface area contributed by atoms with Crippen LogP contribution in [-0.4, -0.2) is 67.5 Å². The predicted octanol–water partition coefficient (Wildman–Crippen LogP) is 1.47. The highest BCUT2D eigenvalue weighted by atomic mass is 19.4. The molecule has 0 spiro atoms. The van der Waals surface area contributed by atoms with Gasteiger partial charge in [-0.05, 0) is 19.1 Å². The first kappa shape index (κ1) is 18.5. The van der Waals surface area contributed by atoms with Crippen LogP contribution in [0.3, 0.4) is 0 Å². The molecule has 2 rings (SSSR count). The number of rotatable bonds is 6. The quantitative estimate of drug-likeness (QED) is 0.844. The van der Waals surface area contributed by atoms with Crippen molar-refractivity contribution in [1.29, 1.82) is 0 Å². The van der Waals surface area contributed by atoms with Crippen molar-refractivity contribution >= 4 is 5.91 Å². The Labute approximate surface area is 137 Å². The van der Waals surface area contributed by atoms with Crippen molar-refractivity contribution < 1.29 is 27.4 Å². The minimum Gasteiger partial charge on any atom is -0.467 e. The largest absolute Gasteiger partial charge is 0.467 e. The monoisotopic (exact) mass is 347 g/mol. The van der Waals surface area contributed by atoms with Crippen LogP contribution in [0, 0.1) is 0 Å². The highest BCUT2D eigenvalue weighted by molar-refractivity contribution is 5.96. The highest BCUT2D eigenvalue weighted by Crippen LogP contribution is 2.20. The summed E-state index contributed by atoms with van der Waals surface area (Å²) in [7, 11) is 0. The van der Waals surface area contributed by atoms with Crippen LogP contribution in [0.1, 0.15) is 17.3 Å². The van der Waals surface area contributed by atoms with Gasteiger partial charge in [-0.1, -0.05) is 0 Å². The molecule has 1 fully saturated rings. The number of aromatic nitrogens is 1. The van der Waals surface area contributed by atoms with Crippen molar-refractivity contribution in [2.45, 2.75) is 19.1 Å². The van der Waals surface area contributed by atoms with Gasteiger partial charge in [0.05, 0.1) is 13.2 Å². The Balaban J connectivity index is 1.93. The molecule has 6 nitrogen and oxygen atoms in total. The summed E-state index contributed by atoms with van der Waals surface area (Å²) < 4.78 is 46.7. The minimum atomic E-state index is -4.49. The minimum absolute atomic E-state index is 0.0180. The molecule has 0 saturated carbocycles. The maximum atomic E-state index is 12.3. The average Bonchev–Trinajstić information content (AvgIpc) is 2.53. The van der Waals surface area contributed by atoms with Crippen LogP contribution in [0.25, 0.3) is 0 Å². The fraction of sp³-hybridized carbons (Fsp3) is 0.600. The van der Waals surface area contributed by atoms with Crippen LogP contribution in [0.2, 0.25) is 0 Å². The van der Waals surface area contributed by atoms with E-state index in [2.05, 4.69) is 19.9 Å². The van der Waals surface area contributed by atoms with Crippen molar-refractivity contribution in [2.75, 3.05) is 39.5 Å². The maximum absolute atomic E-state index is 12.3. The SMILES string of the molecule is C[C@H](CN1CCOCC1)NC(=O)c1cccnc1OCC(F)(F)F. The summed E-state index contributed by atoms with van der Waals surface area (Å²) in [6.07, 6.45) is -3.21. The summed E-state index contributed by atoms with van der Waals surface area (Å²) in [4.78, 5) is 18.2. The number of nitrogens with zero attached hydrogens (tertiary/aromatic N) is 2. The number of amides is 1. The van der Waals surface area contributed by atoms with E-state index in [9.17, 15) is 18.0 Å². The fourth-order valence-corrected chi connectivity index (χ4v) is 2.35. The third kappa shape index (κ3) is 5.97. The molecule has 0 bridgehead atoms. The van der Waals surface area contributed by atoms with E-state index in [0.29, 0.717) is 19.8 Å². The molecule has 1 N–H and O–H groups in total. The van der Waals surface area contributed by atoms with Crippen LogP contribution < -0.4 is 10.1 Å². The van der Waals surface area contributed by atoms with Gasteiger partial charge < -0.3 is 14.8 Å². The molecule has 0 aromatic carbocycles. The number of hydrogen-bond donors (Lipinski definition) is 1. The topological polar surface area (TPSA) is 63.7 Å². The molecule has 134 valence electrons. The Bertz CT molecular complexity index is 548. The summed E-state index contributed by atoms with van der Waals surface area (Å²) in [5.41, 5.74) is -0.0180. The van der Waals surface area contributed by atoms with E-state index < -0.39 is 18.7 Å². The second-order valence-corrected chi connectivity index (χ2v) is 5.55. The highest BCUT2D eigenvalue weighted by Gasteiger charge is 2.29. The van der Waals surface area contributed by atoms with Crippen molar-refractivity contribution in [2.24, 2.45) is 0 Å². The number of carbonyl (C=O) groups excluding carboxylic acids is 1. The maximum Gasteiger partial charge on any atom is 0.422 e. The molecule has 0 radical (unpaired) electrons. The van der Waals surface area contributed by atoms with Crippen molar-refractivity contribution in [3.8, 4) is 5.88 Å². The number of morpholine rings is 1. The predicted molar refractivity (Wildman–Crippen MR) is 80.0 cm³/mol. The lowest BCUT2D eigenvalue weighted by Gasteiger charge is -2.29. The Hall–Kier alpha value is -1.87. The average molecular weight is 347 g/mol. The lowest BCUT2D eigenvalue weighted by molar-refractivity contribution is -0.154. The standard InChI is InChI=1S/C15H20F3N3O3/c1-11(9-21-5-7-23-8-6-21)20-13(22)12-3-2-4-19-14(12)24-10-15(16,17)18/h2-4,11H,5-10H2,1H3,(H,20,22)/t11-/m1/s1. The molecular formula is C15H20F3N3O3. The zero-order valence-electron chi connectivity index (χ0n) is 13.3. The number of nitrogens with one attached hydrogen (secondary N) is 1. The van der Waals surface area contributed by atoms with Gasteiger partial charge in [0, 0.05) is 31.9 Å². The number of halogens is 3. The van der Waals surface area contributed by atoms with Gasteiger partial charge in [-0.3, -0.25) is 9.69 Å². The Morgan fingerprint density at radius 2 is 2.17 bits per heavy atom. The van der Waals surface area contributed by atoms with Crippen LogP contribution >= 0.6 is 0 Å². The summed E-state index contributed by atoms with van der Waals surface area (Å²) in [6.45, 7) is 3.85. The molecule has 9 heteroatoms. The number of alkyl halides is 3. The van der Waals surface area contributed by atoms with Gasteiger partial charge in [0.15, 0.2) is 6.61 Å². The zero-order chi connectivity index (χ0) is 17.6. The van der Waals surface area contributed by atoms with Gasteiger partial charge in [0.1, 0.15) is 5.56 Å². The van der Waals surface area contributed by atoms with E-state index >= 15 is 0 Å². The lowest BCUT2D eigenvalue weighted by Crippen LogP contribution is -2.46. The van der Waals surface area contributed by atoms with Gasteiger partial charge in [0.2, 0.25) is 5.88 Å². The van der Waals surface area contributed by atoms with Gasteiger partial charge in [-0.2, -0.15) is 13.2 Å². The van der Waals surface area contributed by atoms with Crippen LogP contribution in [0.15, 0.2) is 18.3 Å².